The van der Waals surface area contributed by atoms with Gasteiger partial charge in [0.05, 0.1) is 46.0 Å². The SMILES string of the molecule is [C-]#[N+]c1ccc(-c2cc(-c3ccccc3)cc(-c3ccc(C(C)(C)C)cc3)c2C2c3cc(-n4c5ccccc5c5ccccc54)ccc3B3c4ccc(-n5c6ccccc6c6ccccc65)cc4N(c4c(-c5ccc(C#N)cc5)cc(-c5ccccc5)cc4-c4ccc(C(C)(C)C)cc4)c4cc(C(C)(C)C)cc2c43)cc1. The summed E-state index contributed by atoms with van der Waals surface area (Å²) in [6, 6.07) is 125. The van der Waals surface area contributed by atoms with Crippen LogP contribution in [-0.2, 0) is 16.2 Å². The molecule has 0 saturated heterocycles. The summed E-state index contributed by atoms with van der Waals surface area (Å²) >= 11 is 0. The van der Waals surface area contributed by atoms with E-state index in [0.29, 0.717) is 11.3 Å². The van der Waals surface area contributed by atoms with Gasteiger partial charge in [-0.05, 0) is 207 Å². The lowest BCUT2D eigenvalue weighted by Crippen LogP contribution is -2.62. The second-order valence-corrected chi connectivity index (χ2v) is 33.4. The van der Waals surface area contributed by atoms with E-state index >= 15 is 0 Å². The highest BCUT2D eigenvalue weighted by Crippen LogP contribution is 2.55. The molecule has 530 valence electrons. The van der Waals surface area contributed by atoms with Crippen LogP contribution in [-0.4, -0.2) is 15.8 Å². The van der Waals surface area contributed by atoms with Crippen LogP contribution in [0.5, 0.6) is 0 Å². The first-order chi connectivity index (χ1) is 53.9. The van der Waals surface area contributed by atoms with E-state index in [9.17, 15) is 5.26 Å². The summed E-state index contributed by atoms with van der Waals surface area (Å²) in [6.45, 7) is 28.9. The lowest BCUT2D eigenvalue weighted by atomic mass is 9.31. The Balaban J connectivity index is 1.01. The summed E-state index contributed by atoms with van der Waals surface area (Å²) in [4.78, 5) is 6.69. The summed E-state index contributed by atoms with van der Waals surface area (Å²) in [5, 5.41) is 15.4. The molecule has 2 aliphatic heterocycles. The first kappa shape index (κ1) is 68.3. The standard InChI is InChI=1S/C105H82BN5/c1-103(2,3)75-47-41-69(42-48-75)85-57-73(67-25-13-11-14-26-67)58-86(70-45-51-78(108-10)52-46-70)99(85)100-89-63-79(109-93-33-21-17-29-81(93)82-30-18-22-34-94(82)109)53-55-91(89)106-92-56-54-80(110-95-35-23-19-31-83(95)84-32-20-24-36-96(84)110)64-97(92)111(98-62-77(105(7,8)9)61-90(100)101(98)106)102-87(71-39-37-66(65-107)38-40-71)59-74(68-27-15-12-16-28-68)60-88(102)72-43-49-76(50-44-72)104(4,5)6/h11-64,100H,1-9H3. The first-order valence-electron chi connectivity index (χ1n) is 38.8. The van der Waals surface area contributed by atoms with Gasteiger partial charge in [0.1, 0.15) is 0 Å². The van der Waals surface area contributed by atoms with Crippen LogP contribution in [0.15, 0.2) is 328 Å². The molecule has 17 aromatic rings. The Morgan fingerprint density at radius 3 is 1.18 bits per heavy atom. The molecule has 0 amide bonds. The highest BCUT2D eigenvalue weighted by Gasteiger charge is 2.47. The molecule has 6 heteroatoms. The summed E-state index contributed by atoms with van der Waals surface area (Å²) in [7, 11) is 0. The van der Waals surface area contributed by atoms with E-state index in [4.69, 9.17) is 6.57 Å². The van der Waals surface area contributed by atoms with Crippen molar-refractivity contribution in [1.82, 2.24) is 9.13 Å². The smallest absolute Gasteiger partial charge is 0.247 e. The number of hydrogen-bond donors (Lipinski definition) is 0. The quantitative estimate of drug-likeness (QED) is 0.101. The van der Waals surface area contributed by atoms with E-state index in [1.165, 1.54) is 71.3 Å². The van der Waals surface area contributed by atoms with Crippen molar-refractivity contribution >= 4 is 89.5 Å². The first-order valence-corrected chi connectivity index (χ1v) is 38.8. The molecule has 0 bridgehead atoms. The second kappa shape index (κ2) is 26.3. The number of nitriles is 1. The Bertz CT molecular complexity index is 6180. The third kappa shape index (κ3) is 11.5. The second-order valence-electron chi connectivity index (χ2n) is 33.4. The molecule has 111 heavy (non-hydrogen) atoms. The Morgan fingerprint density at radius 1 is 0.342 bits per heavy atom. The van der Waals surface area contributed by atoms with Gasteiger partial charge in [0.25, 0.3) is 0 Å². The van der Waals surface area contributed by atoms with Crippen molar-refractivity contribution in [2.45, 2.75) is 84.5 Å². The fourth-order valence-electron chi connectivity index (χ4n) is 18.0. The van der Waals surface area contributed by atoms with Crippen LogP contribution in [0.25, 0.3) is 127 Å². The van der Waals surface area contributed by atoms with E-state index in [2.05, 4.69) is 391 Å². The number of aromatic nitrogens is 2. The molecule has 0 radical (unpaired) electrons. The Labute approximate surface area is 651 Å². The Morgan fingerprint density at radius 2 is 0.739 bits per heavy atom. The number of para-hydroxylation sites is 4. The topological polar surface area (TPSA) is 41.2 Å². The molecule has 0 saturated carbocycles. The number of anilines is 3. The summed E-state index contributed by atoms with van der Waals surface area (Å²) in [5.41, 5.74) is 34.5. The van der Waals surface area contributed by atoms with Gasteiger partial charge >= 0.3 is 0 Å². The maximum absolute atomic E-state index is 10.6. The van der Waals surface area contributed by atoms with Crippen LogP contribution in [0.4, 0.5) is 22.7 Å². The molecule has 0 fully saturated rings. The zero-order chi connectivity index (χ0) is 75.8. The number of nitrogens with zero attached hydrogens (tertiary/aromatic N) is 5. The predicted molar refractivity (Wildman–Crippen MR) is 468 cm³/mol. The molecule has 1 unspecified atom stereocenters. The minimum Gasteiger partial charge on any atom is -0.310 e. The van der Waals surface area contributed by atoms with Crippen LogP contribution in [0.2, 0.25) is 0 Å². The molecule has 2 aromatic heterocycles. The molecule has 0 N–H and O–H groups in total. The zero-order valence-corrected chi connectivity index (χ0v) is 64.1. The molecule has 0 spiro atoms. The number of benzene rings is 15. The lowest BCUT2D eigenvalue weighted by Gasteiger charge is -2.45. The lowest BCUT2D eigenvalue weighted by molar-refractivity contribution is 0.589. The van der Waals surface area contributed by atoms with E-state index in [0.717, 1.165) is 117 Å². The van der Waals surface area contributed by atoms with Crippen molar-refractivity contribution in [3.63, 3.8) is 0 Å². The molecular formula is C105H82BN5. The normalized spacial score (nSPS) is 13.3. The van der Waals surface area contributed by atoms with Gasteiger partial charge < -0.3 is 14.0 Å². The van der Waals surface area contributed by atoms with Crippen LogP contribution >= 0.6 is 0 Å². The fraction of sp³-hybridized carbons (Fsp3) is 0.124. The molecule has 4 heterocycles. The predicted octanol–water partition coefficient (Wildman–Crippen LogP) is 26.0. The highest BCUT2D eigenvalue weighted by atomic mass is 15.2. The van der Waals surface area contributed by atoms with E-state index < -0.39 is 11.3 Å². The summed E-state index contributed by atoms with van der Waals surface area (Å²) in [5.74, 6) is -0.416. The van der Waals surface area contributed by atoms with Gasteiger partial charge in [0.2, 0.25) is 6.71 Å². The molecule has 2 aliphatic rings. The van der Waals surface area contributed by atoms with Gasteiger partial charge in [0, 0.05) is 61.3 Å². The van der Waals surface area contributed by atoms with E-state index in [1.54, 1.807) is 0 Å². The van der Waals surface area contributed by atoms with E-state index in [1.807, 2.05) is 24.3 Å². The summed E-state index contributed by atoms with van der Waals surface area (Å²) in [6.07, 6.45) is 0. The monoisotopic (exact) mass is 1420 g/mol. The molecule has 5 nitrogen and oxygen atoms in total. The zero-order valence-electron chi connectivity index (χ0n) is 64.1. The maximum atomic E-state index is 10.6. The van der Waals surface area contributed by atoms with Gasteiger partial charge in [-0.1, -0.05) is 304 Å². The van der Waals surface area contributed by atoms with Crippen LogP contribution in [0.3, 0.4) is 0 Å². The maximum Gasteiger partial charge on any atom is 0.247 e. The fourth-order valence-corrected chi connectivity index (χ4v) is 18.0. The Kier molecular flexibility index (Phi) is 16.2. The van der Waals surface area contributed by atoms with Crippen LogP contribution in [0, 0.1) is 17.9 Å². The number of rotatable bonds is 10. The largest absolute Gasteiger partial charge is 0.310 e. The van der Waals surface area contributed by atoms with Gasteiger partial charge in [-0.25, -0.2) is 4.85 Å². The molecule has 19 rings (SSSR count). The third-order valence-corrected chi connectivity index (χ3v) is 23.6. The Hall–Kier alpha value is -13.3. The van der Waals surface area contributed by atoms with Gasteiger partial charge in [0.15, 0.2) is 5.69 Å². The molecule has 1 atom stereocenters. The minimum absolute atomic E-state index is 0.0972. The van der Waals surface area contributed by atoms with Crippen molar-refractivity contribution in [3.05, 3.63) is 378 Å². The van der Waals surface area contributed by atoms with Crippen molar-refractivity contribution in [1.29, 1.82) is 5.26 Å². The molecule has 0 aliphatic carbocycles. The van der Waals surface area contributed by atoms with Gasteiger partial charge in [-0.2, -0.15) is 5.26 Å². The highest BCUT2D eigenvalue weighted by molar-refractivity contribution is 6.99. The van der Waals surface area contributed by atoms with Gasteiger partial charge in [-0.15, -0.1) is 0 Å². The number of fused-ring (bicyclic) bond motifs is 10. The van der Waals surface area contributed by atoms with E-state index in [-0.39, 0.29) is 17.5 Å². The van der Waals surface area contributed by atoms with Crippen LogP contribution in [0.1, 0.15) is 107 Å². The van der Waals surface area contributed by atoms with Crippen molar-refractivity contribution in [2.75, 3.05) is 4.90 Å². The van der Waals surface area contributed by atoms with Crippen LogP contribution < -0.4 is 21.3 Å². The van der Waals surface area contributed by atoms with Crippen molar-refractivity contribution in [2.24, 2.45) is 0 Å². The number of hydrogen-bond acceptors (Lipinski definition) is 2. The van der Waals surface area contributed by atoms with Crippen molar-refractivity contribution < 1.29 is 0 Å². The summed E-state index contributed by atoms with van der Waals surface area (Å²) < 4.78 is 4.97. The van der Waals surface area contributed by atoms with Crippen molar-refractivity contribution in [3.8, 4) is 84.2 Å². The van der Waals surface area contributed by atoms with Gasteiger partial charge in [-0.3, -0.25) is 0 Å². The minimum atomic E-state index is -0.416. The molecule has 15 aromatic carbocycles. The average Bonchev–Trinajstić information content (AvgIpc) is 1.14. The average molecular weight is 1420 g/mol. The molecular weight excluding hydrogens is 1340 g/mol. The third-order valence-electron chi connectivity index (χ3n) is 23.6.